The SMILES string of the molecule is Cc1cc(Sc2nncn2C)c(/C(N)=N/O)c(C)n1. The monoisotopic (exact) mass is 278 g/mol. The van der Waals surface area contributed by atoms with E-state index in [2.05, 4.69) is 20.3 Å². The molecule has 100 valence electrons. The Morgan fingerprint density at radius 3 is 2.79 bits per heavy atom. The van der Waals surface area contributed by atoms with Gasteiger partial charge in [0.15, 0.2) is 11.0 Å². The Balaban J connectivity index is 2.52. The van der Waals surface area contributed by atoms with Gasteiger partial charge in [-0.3, -0.25) is 4.98 Å². The third-order valence-electron chi connectivity index (χ3n) is 2.53. The normalized spacial score (nSPS) is 11.8. The summed E-state index contributed by atoms with van der Waals surface area (Å²) in [7, 11) is 1.85. The molecule has 0 spiro atoms. The summed E-state index contributed by atoms with van der Waals surface area (Å²) in [4.78, 5) is 5.16. The van der Waals surface area contributed by atoms with Crippen molar-refractivity contribution >= 4 is 17.6 Å². The lowest BCUT2D eigenvalue weighted by molar-refractivity contribution is 0.318. The molecule has 8 heteroatoms. The van der Waals surface area contributed by atoms with Gasteiger partial charge in [0, 0.05) is 23.3 Å². The first-order chi connectivity index (χ1) is 9.02. The maximum absolute atomic E-state index is 8.88. The highest BCUT2D eigenvalue weighted by Gasteiger charge is 2.15. The fourth-order valence-corrected chi connectivity index (χ4v) is 2.76. The van der Waals surface area contributed by atoms with Crippen LogP contribution in [0.15, 0.2) is 27.6 Å². The smallest absolute Gasteiger partial charge is 0.195 e. The number of nitrogens with zero attached hydrogens (tertiary/aromatic N) is 5. The average Bonchev–Trinajstić information content (AvgIpc) is 2.73. The molecule has 0 saturated heterocycles. The zero-order valence-electron chi connectivity index (χ0n) is 10.8. The molecular weight excluding hydrogens is 264 g/mol. The molecule has 0 radical (unpaired) electrons. The van der Waals surface area contributed by atoms with E-state index in [9.17, 15) is 0 Å². The van der Waals surface area contributed by atoms with Crippen LogP contribution in [0.5, 0.6) is 0 Å². The van der Waals surface area contributed by atoms with Gasteiger partial charge in [-0.1, -0.05) is 5.16 Å². The minimum absolute atomic E-state index is 0.0367. The van der Waals surface area contributed by atoms with Crippen molar-refractivity contribution in [1.82, 2.24) is 19.7 Å². The molecule has 19 heavy (non-hydrogen) atoms. The highest BCUT2D eigenvalue weighted by Crippen LogP contribution is 2.30. The summed E-state index contributed by atoms with van der Waals surface area (Å²) in [6.07, 6.45) is 1.62. The quantitative estimate of drug-likeness (QED) is 0.377. The number of pyridine rings is 1. The first kappa shape index (κ1) is 13.3. The number of hydrogen-bond acceptors (Lipinski definition) is 6. The lowest BCUT2D eigenvalue weighted by Gasteiger charge is -2.11. The van der Waals surface area contributed by atoms with Crippen molar-refractivity contribution in [3.63, 3.8) is 0 Å². The van der Waals surface area contributed by atoms with Crippen LogP contribution in [0, 0.1) is 13.8 Å². The Labute approximate surface area is 114 Å². The van der Waals surface area contributed by atoms with Crippen LogP contribution in [0.1, 0.15) is 17.0 Å². The number of oxime groups is 1. The van der Waals surface area contributed by atoms with Gasteiger partial charge in [0.05, 0.1) is 5.56 Å². The number of amidine groups is 1. The summed E-state index contributed by atoms with van der Waals surface area (Å²) >= 11 is 1.40. The lowest BCUT2D eigenvalue weighted by Crippen LogP contribution is -2.17. The van der Waals surface area contributed by atoms with Crippen LogP contribution >= 0.6 is 11.8 Å². The molecule has 0 bridgehead atoms. The molecule has 3 N–H and O–H groups in total. The van der Waals surface area contributed by atoms with Crippen LogP contribution in [0.4, 0.5) is 0 Å². The Hall–Kier alpha value is -2.09. The van der Waals surface area contributed by atoms with Gasteiger partial charge in [-0.15, -0.1) is 10.2 Å². The molecule has 0 atom stereocenters. The van der Waals surface area contributed by atoms with Crippen LogP contribution in [0.2, 0.25) is 0 Å². The number of nitrogens with two attached hydrogens (primary N) is 1. The fraction of sp³-hybridized carbons (Fsp3) is 0.273. The first-order valence-corrected chi connectivity index (χ1v) is 6.32. The maximum Gasteiger partial charge on any atom is 0.195 e. The van der Waals surface area contributed by atoms with Crippen LogP contribution in [0.3, 0.4) is 0 Å². The van der Waals surface area contributed by atoms with Crippen molar-refractivity contribution in [2.75, 3.05) is 0 Å². The molecule has 0 aromatic carbocycles. The van der Waals surface area contributed by atoms with E-state index in [1.54, 1.807) is 10.9 Å². The second kappa shape index (κ2) is 5.27. The van der Waals surface area contributed by atoms with E-state index in [1.165, 1.54) is 11.8 Å². The lowest BCUT2D eigenvalue weighted by atomic mass is 10.1. The van der Waals surface area contributed by atoms with Gasteiger partial charge in [0.2, 0.25) is 0 Å². The molecule has 2 aromatic rings. The van der Waals surface area contributed by atoms with Crippen molar-refractivity contribution in [2.45, 2.75) is 23.9 Å². The van der Waals surface area contributed by atoms with Crippen LogP contribution in [-0.2, 0) is 7.05 Å². The average molecular weight is 278 g/mol. The van der Waals surface area contributed by atoms with E-state index in [0.29, 0.717) is 11.3 Å². The molecule has 0 aliphatic heterocycles. The van der Waals surface area contributed by atoms with Gasteiger partial charge in [-0.25, -0.2) is 0 Å². The van der Waals surface area contributed by atoms with E-state index in [1.807, 2.05) is 27.0 Å². The van der Waals surface area contributed by atoms with Gasteiger partial charge >= 0.3 is 0 Å². The molecule has 2 heterocycles. The van der Waals surface area contributed by atoms with Gasteiger partial charge < -0.3 is 15.5 Å². The molecule has 0 aliphatic carbocycles. The summed E-state index contributed by atoms with van der Waals surface area (Å²) in [5.74, 6) is 0.0367. The van der Waals surface area contributed by atoms with Crippen molar-refractivity contribution in [2.24, 2.45) is 17.9 Å². The number of hydrogen-bond donors (Lipinski definition) is 2. The highest BCUT2D eigenvalue weighted by atomic mass is 32.2. The number of aromatic nitrogens is 4. The molecule has 7 nitrogen and oxygen atoms in total. The van der Waals surface area contributed by atoms with Crippen molar-refractivity contribution in [1.29, 1.82) is 0 Å². The van der Waals surface area contributed by atoms with Gasteiger partial charge in [0.1, 0.15) is 6.33 Å². The summed E-state index contributed by atoms with van der Waals surface area (Å²) in [6, 6.07) is 1.87. The number of aryl methyl sites for hydroxylation is 3. The number of rotatable bonds is 3. The predicted molar refractivity (Wildman–Crippen MR) is 71.3 cm³/mol. The first-order valence-electron chi connectivity index (χ1n) is 5.51. The standard InChI is InChI=1S/C11H14N6OS/c1-6-4-8(19-11-15-13-5-17(11)3)9(7(2)14-6)10(12)16-18/h4-5,18H,1-3H3,(H2,12,16). The van der Waals surface area contributed by atoms with E-state index in [0.717, 1.165) is 15.7 Å². The van der Waals surface area contributed by atoms with Crippen LogP contribution in [-0.4, -0.2) is 30.8 Å². The van der Waals surface area contributed by atoms with Crippen molar-refractivity contribution < 1.29 is 5.21 Å². The zero-order valence-corrected chi connectivity index (χ0v) is 11.6. The zero-order chi connectivity index (χ0) is 14.0. The Kier molecular flexibility index (Phi) is 3.70. The molecular formula is C11H14N6OS. The molecule has 0 aliphatic rings. The second-order valence-electron chi connectivity index (χ2n) is 4.03. The minimum Gasteiger partial charge on any atom is -0.409 e. The Morgan fingerprint density at radius 1 is 1.47 bits per heavy atom. The summed E-state index contributed by atoms with van der Waals surface area (Å²) < 4.78 is 1.80. The molecule has 0 saturated carbocycles. The van der Waals surface area contributed by atoms with Gasteiger partial charge in [-0.05, 0) is 31.7 Å². The largest absolute Gasteiger partial charge is 0.409 e. The van der Waals surface area contributed by atoms with Crippen molar-refractivity contribution in [3.8, 4) is 0 Å². The van der Waals surface area contributed by atoms with Crippen LogP contribution < -0.4 is 5.73 Å². The molecule has 0 fully saturated rings. The topological polar surface area (TPSA) is 102 Å². The van der Waals surface area contributed by atoms with E-state index >= 15 is 0 Å². The second-order valence-corrected chi connectivity index (χ2v) is 5.04. The van der Waals surface area contributed by atoms with E-state index in [4.69, 9.17) is 10.9 Å². The summed E-state index contributed by atoms with van der Waals surface area (Å²) in [6.45, 7) is 3.71. The van der Waals surface area contributed by atoms with E-state index in [-0.39, 0.29) is 5.84 Å². The highest BCUT2D eigenvalue weighted by molar-refractivity contribution is 7.99. The third-order valence-corrected chi connectivity index (χ3v) is 3.62. The fourth-order valence-electron chi connectivity index (χ4n) is 1.70. The minimum atomic E-state index is 0.0367. The Bertz CT molecular complexity index is 636. The van der Waals surface area contributed by atoms with Crippen LogP contribution in [0.25, 0.3) is 0 Å². The molecule has 2 rings (SSSR count). The molecule has 0 unspecified atom stereocenters. The van der Waals surface area contributed by atoms with Gasteiger partial charge in [-0.2, -0.15) is 0 Å². The predicted octanol–water partition coefficient (Wildman–Crippen LogP) is 1.07. The third kappa shape index (κ3) is 2.68. The maximum atomic E-state index is 8.88. The molecule has 2 aromatic heterocycles. The summed E-state index contributed by atoms with van der Waals surface area (Å²) in [5.41, 5.74) is 7.90. The van der Waals surface area contributed by atoms with E-state index < -0.39 is 0 Å². The van der Waals surface area contributed by atoms with Gasteiger partial charge in [0.25, 0.3) is 0 Å². The Morgan fingerprint density at radius 2 is 2.21 bits per heavy atom. The summed E-state index contributed by atoms with van der Waals surface area (Å²) in [5, 5.41) is 20.5. The van der Waals surface area contributed by atoms with Crippen molar-refractivity contribution in [3.05, 3.63) is 29.3 Å². The molecule has 0 amide bonds.